The maximum atomic E-state index is 3.48. The lowest BCUT2D eigenvalue weighted by Crippen LogP contribution is -2.03. The summed E-state index contributed by atoms with van der Waals surface area (Å²) in [4.78, 5) is 6.95. The number of hydrogen-bond acceptors (Lipinski definition) is 1. The van der Waals surface area contributed by atoms with Gasteiger partial charge in [0.15, 0.2) is 11.0 Å². The quantitative estimate of drug-likeness (QED) is 0.691. The summed E-state index contributed by atoms with van der Waals surface area (Å²) in [5.74, 6) is 0.989. The van der Waals surface area contributed by atoms with Crippen LogP contribution in [-0.4, -0.2) is 4.98 Å². The molecule has 2 aromatic carbocycles. The molecule has 0 fully saturated rings. The Bertz CT molecular complexity index is 820. The van der Waals surface area contributed by atoms with Gasteiger partial charge in [-0.05, 0) is 91.9 Å². The molecule has 0 spiro atoms. The molecule has 3 heteroatoms. The number of aryl methyl sites for hydroxylation is 3. The summed E-state index contributed by atoms with van der Waals surface area (Å²) in [6, 6.07) is 8.75. The first-order valence-electron chi connectivity index (χ1n) is 7.66. The Morgan fingerprint density at radius 3 is 2.32 bits per heavy atom. The third-order valence-electron chi connectivity index (χ3n) is 4.55. The van der Waals surface area contributed by atoms with E-state index in [4.69, 9.17) is 0 Å². The van der Waals surface area contributed by atoms with Crippen LogP contribution in [0.25, 0.3) is 11.0 Å². The van der Waals surface area contributed by atoms with Crippen LogP contribution in [-0.2, 0) is 5.75 Å². The molecule has 3 rings (SSSR count). The van der Waals surface area contributed by atoms with E-state index >= 15 is 0 Å². The molecular weight excluding hydrogens is 288 g/mol. The number of aromatic amines is 2. The van der Waals surface area contributed by atoms with Gasteiger partial charge < -0.3 is 0 Å². The molecule has 0 aliphatic heterocycles. The van der Waals surface area contributed by atoms with Gasteiger partial charge >= 0.3 is 5.16 Å². The molecule has 0 saturated carbocycles. The van der Waals surface area contributed by atoms with Crippen LogP contribution in [0.4, 0.5) is 0 Å². The number of thioether (sulfide) groups is 1. The number of benzene rings is 2. The Balaban J connectivity index is 1.88. The van der Waals surface area contributed by atoms with Crippen molar-refractivity contribution in [2.24, 2.45) is 0 Å². The summed E-state index contributed by atoms with van der Waals surface area (Å²) in [6.07, 6.45) is 0. The first kappa shape index (κ1) is 15.2. The van der Waals surface area contributed by atoms with Crippen molar-refractivity contribution in [1.29, 1.82) is 0 Å². The summed E-state index contributed by atoms with van der Waals surface area (Å²) in [7, 11) is 0. The van der Waals surface area contributed by atoms with E-state index < -0.39 is 0 Å². The fraction of sp³-hybridized carbons (Fsp3) is 0.316. The molecule has 3 aromatic rings. The van der Waals surface area contributed by atoms with Crippen LogP contribution in [0.3, 0.4) is 0 Å². The minimum absolute atomic E-state index is 0.989. The first-order valence-corrected chi connectivity index (χ1v) is 8.65. The van der Waals surface area contributed by atoms with Crippen LogP contribution >= 0.6 is 11.8 Å². The smallest absolute Gasteiger partial charge is 0.231 e. The minimum atomic E-state index is 0.989. The van der Waals surface area contributed by atoms with E-state index in [0.717, 1.165) is 10.9 Å². The Labute approximate surface area is 136 Å². The predicted octanol–water partition coefficient (Wildman–Crippen LogP) is 4.82. The highest BCUT2D eigenvalue weighted by Crippen LogP contribution is 2.28. The molecule has 1 heterocycles. The molecule has 0 atom stereocenters. The predicted molar refractivity (Wildman–Crippen MR) is 94.5 cm³/mol. The highest BCUT2D eigenvalue weighted by atomic mass is 32.2. The normalized spacial score (nSPS) is 11.3. The van der Waals surface area contributed by atoms with Crippen molar-refractivity contribution in [3.05, 3.63) is 57.6 Å². The number of imidazole rings is 1. The van der Waals surface area contributed by atoms with E-state index in [0.29, 0.717) is 0 Å². The lowest BCUT2D eigenvalue weighted by atomic mass is 9.95. The van der Waals surface area contributed by atoms with Crippen LogP contribution in [0.5, 0.6) is 0 Å². The second-order valence-electron chi connectivity index (χ2n) is 6.16. The van der Waals surface area contributed by atoms with Gasteiger partial charge in [-0.15, -0.1) is 0 Å². The zero-order chi connectivity index (χ0) is 15.9. The summed E-state index contributed by atoms with van der Waals surface area (Å²) < 4.78 is 0. The molecule has 0 unspecified atom stereocenters. The van der Waals surface area contributed by atoms with Gasteiger partial charge in [0, 0.05) is 5.75 Å². The average Bonchev–Trinajstić information content (AvgIpc) is 2.87. The highest BCUT2D eigenvalue weighted by molar-refractivity contribution is 7.98. The topological polar surface area (TPSA) is 29.9 Å². The zero-order valence-corrected chi connectivity index (χ0v) is 14.7. The van der Waals surface area contributed by atoms with E-state index in [-0.39, 0.29) is 0 Å². The number of hydrogen-bond donors (Lipinski definition) is 1. The Morgan fingerprint density at radius 2 is 1.64 bits per heavy atom. The molecule has 2 N–H and O–H groups in total. The molecule has 0 aliphatic rings. The Hall–Kier alpha value is -1.74. The van der Waals surface area contributed by atoms with Crippen LogP contribution < -0.4 is 4.98 Å². The van der Waals surface area contributed by atoms with Crippen molar-refractivity contribution < 1.29 is 4.98 Å². The molecule has 22 heavy (non-hydrogen) atoms. The third kappa shape index (κ3) is 2.78. The molecule has 0 bridgehead atoms. The third-order valence-corrected chi connectivity index (χ3v) is 5.48. The summed E-state index contributed by atoms with van der Waals surface area (Å²) in [5, 5.41) is 1.12. The second kappa shape index (κ2) is 5.81. The molecular formula is C19H23N2S+. The van der Waals surface area contributed by atoms with Crippen LogP contribution in [0.2, 0.25) is 0 Å². The monoisotopic (exact) mass is 311 g/mol. The van der Waals surface area contributed by atoms with Gasteiger partial charge in [0.05, 0.1) is 0 Å². The van der Waals surface area contributed by atoms with Crippen molar-refractivity contribution in [1.82, 2.24) is 4.98 Å². The van der Waals surface area contributed by atoms with Crippen LogP contribution in [0.1, 0.15) is 33.4 Å². The van der Waals surface area contributed by atoms with Crippen molar-refractivity contribution in [2.45, 2.75) is 45.5 Å². The van der Waals surface area contributed by atoms with Gasteiger partial charge in [-0.2, -0.15) is 0 Å². The van der Waals surface area contributed by atoms with Crippen LogP contribution in [0.15, 0.2) is 29.4 Å². The van der Waals surface area contributed by atoms with Gasteiger partial charge in [0.2, 0.25) is 0 Å². The number of H-pyrrole nitrogens is 2. The van der Waals surface area contributed by atoms with Gasteiger partial charge in [-0.1, -0.05) is 12.1 Å². The zero-order valence-electron chi connectivity index (χ0n) is 13.9. The fourth-order valence-corrected chi connectivity index (χ4v) is 3.96. The minimum Gasteiger partial charge on any atom is -0.231 e. The Morgan fingerprint density at radius 1 is 0.955 bits per heavy atom. The van der Waals surface area contributed by atoms with Crippen molar-refractivity contribution >= 4 is 22.8 Å². The lowest BCUT2D eigenvalue weighted by Gasteiger charge is -2.13. The summed E-state index contributed by atoms with van der Waals surface area (Å²) >= 11 is 1.84. The number of aromatic nitrogens is 2. The molecule has 0 radical (unpaired) electrons. The van der Waals surface area contributed by atoms with Gasteiger partial charge in [0.1, 0.15) is 0 Å². The number of rotatable bonds is 3. The Kier molecular flexibility index (Phi) is 4.00. The second-order valence-corrected chi connectivity index (χ2v) is 7.14. The standard InChI is InChI=1S/C19H22N2S/c1-11-6-7-17-18(8-11)21-19(20-17)22-10-16-14(4)12(2)9-13(3)15(16)5/h6-9H,10H2,1-5H3,(H,20,21)/p+1. The highest BCUT2D eigenvalue weighted by Gasteiger charge is 2.14. The molecule has 1 aromatic heterocycles. The van der Waals surface area contributed by atoms with E-state index in [1.54, 1.807) is 0 Å². The first-order chi connectivity index (χ1) is 10.5. The number of fused-ring (bicyclic) bond motifs is 1. The van der Waals surface area contributed by atoms with Gasteiger partial charge in [0.25, 0.3) is 0 Å². The molecule has 0 aliphatic carbocycles. The van der Waals surface area contributed by atoms with Crippen molar-refractivity contribution in [3.8, 4) is 0 Å². The van der Waals surface area contributed by atoms with Crippen molar-refractivity contribution in [3.63, 3.8) is 0 Å². The average molecular weight is 311 g/mol. The van der Waals surface area contributed by atoms with E-state index in [1.165, 1.54) is 44.4 Å². The van der Waals surface area contributed by atoms with Crippen molar-refractivity contribution in [2.75, 3.05) is 0 Å². The summed E-state index contributed by atoms with van der Waals surface area (Å²) in [5.41, 5.74) is 10.7. The summed E-state index contributed by atoms with van der Waals surface area (Å²) in [6.45, 7) is 11.0. The molecule has 114 valence electrons. The largest absolute Gasteiger partial charge is 0.314 e. The number of nitrogens with one attached hydrogen (secondary N) is 2. The maximum absolute atomic E-state index is 3.48. The van der Waals surface area contributed by atoms with E-state index in [9.17, 15) is 0 Å². The molecule has 0 amide bonds. The fourth-order valence-electron chi connectivity index (χ4n) is 2.88. The van der Waals surface area contributed by atoms with E-state index in [1.807, 2.05) is 11.8 Å². The lowest BCUT2D eigenvalue weighted by molar-refractivity contribution is -0.396. The van der Waals surface area contributed by atoms with Crippen LogP contribution in [0, 0.1) is 34.6 Å². The molecule has 2 nitrogen and oxygen atoms in total. The van der Waals surface area contributed by atoms with Gasteiger partial charge in [-0.3, -0.25) is 0 Å². The maximum Gasteiger partial charge on any atom is 0.314 e. The van der Waals surface area contributed by atoms with Gasteiger partial charge in [-0.25, -0.2) is 9.97 Å². The SMILES string of the molecule is Cc1ccc2[nH+]c(SCc3c(C)c(C)cc(C)c3C)[nH]c2c1. The van der Waals surface area contributed by atoms with E-state index in [2.05, 4.69) is 68.9 Å². The molecule has 0 saturated heterocycles.